The molecule has 6 rings (SSSR count). The largest absolute Gasteiger partial charge is 0.367 e. The maximum absolute atomic E-state index is 12.9. The normalized spacial score (nSPS) is 17.6. The van der Waals surface area contributed by atoms with E-state index < -0.39 is 0 Å². The van der Waals surface area contributed by atoms with Crippen molar-refractivity contribution in [3.8, 4) is 11.8 Å². The quantitative estimate of drug-likeness (QED) is 0.409. The standard InChI is InChI=1S/C25H23N9O/c1-32-20-6-4-5-16(14-26)23(20)34(25(32)35)19-10-11-21(27-15-19)28-17-8-9-18(13-17)29-24-30-22-7-2-3-12-33(22)31-24/h2-7,10-12,15,17-18H,8-9,13H2,1H3,(H,27,28)(H,29,31)/t17-,18-/m0/s1. The first-order chi connectivity index (χ1) is 17.1. The maximum atomic E-state index is 12.9. The number of para-hydroxylation sites is 1. The highest BCUT2D eigenvalue weighted by Gasteiger charge is 2.26. The van der Waals surface area contributed by atoms with E-state index >= 15 is 0 Å². The fourth-order valence-corrected chi connectivity index (χ4v) is 4.85. The second-order valence-corrected chi connectivity index (χ2v) is 8.80. The maximum Gasteiger partial charge on any atom is 0.333 e. The van der Waals surface area contributed by atoms with Crippen molar-refractivity contribution in [3.63, 3.8) is 0 Å². The number of benzene rings is 1. The van der Waals surface area contributed by atoms with Crippen molar-refractivity contribution >= 4 is 28.4 Å². The Balaban J connectivity index is 1.17. The zero-order chi connectivity index (χ0) is 23.9. The number of pyridine rings is 2. The minimum atomic E-state index is -0.213. The highest BCUT2D eigenvalue weighted by Crippen LogP contribution is 2.26. The van der Waals surface area contributed by atoms with Gasteiger partial charge in [0.15, 0.2) is 5.65 Å². The molecule has 0 aliphatic heterocycles. The SMILES string of the molecule is Cn1c(=O)n(-c2ccc(N[C@H]3CC[C@H](Nc4nc5ccccn5n4)C3)nc2)c2c(C#N)cccc21. The molecule has 1 aromatic carbocycles. The summed E-state index contributed by atoms with van der Waals surface area (Å²) in [6, 6.07) is 17.6. The van der Waals surface area contributed by atoms with Crippen LogP contribution >= 0.6 is 0 Å². The average molecular weight is 466 g/mol. The number of aromatic nitrogens is 6. The van der Waals surface area contributed by atoms with E-state index in [9.17, 15) is 10.1 Å². The van der Waals surface area contributed by atoms with Crippen LogP contribution in [-0.4, -0.2) is 40.8 Å². The molecular weight excluding hydrogens is 442 g/mol. The third-order valence-corrected chi connectivity index (χ3v) is 6.56. The van der Waals surface area contributed by atoms with E-state index in [0.717, 1.165) is 30.7 Å². The van der Waals surface area contributed by atoms with Crippen molar-refractivity contribution < 1.29 is 0 Å². The van der Waals surface area contributed by atoms with Crippen molar-refractivity contribution in [2.45, 2.75) is 31.3 Å². The molecule has 1 saturated carbocycles. The van der Waals surface area contributed by atoms with Gasteiger partial charge in [0.25, 0.3) is 0 Å². The molecule has 10 heteroatoms. The average Bonchev–Trinajstić information content (AvgIpc) is 3.56. The zero-order valence-electron chi connectivity index (χ0n) is 19.1. The minimum Gasteiger partial charge on any atom is -0.367 e. The fraction of sp³-hybridized carbons (Fsp3) is 0.240. The van der Waals surface area contributed by atoms with Gasteiger partial charge < -0.3 is 10.6 Å². The number of nitrogens with zero attached hydrogens (tertiary/aromatic N) is 7. The second-order valence-electron chi connectivity index (χ2n) is 8.80. The predicted molar refractivity (Wildman–Crippen MR) is 133 cm³/mol. The summed E-state index contributed by atoms with van der Waals surface area (Å²) in [5.41, 5.74) is 2.98. The number of imidazole rings is 1. The molecule has 5 aromatic rings. The first-order valence-corrected chi connectivity index (χ1v) is 11.5. The lowest BCUT2D eigenvalue weighted by molar-refractivity contribution is 0.716. The van der Waals surface area contributed by atoms with Crippen molar-refractivity contribution in [1.82, 2.24) is 28.7 Å². The first-order valence-electron chi connectivity index (χ1n) is 11.5. The van der Waals surface area contributed by atoms with Gasteiger partial charge in [0.05, 0.1) is 28.5 Å². The molecule has 174 valence electrons. The monoisotopic (exact) mass is 465 g/mol. The van der Waals surface area contributed by atoms with E-state index in [-0.39, 0.29) is 17.8 Å². The van der Waals surface area contributed by atoms with Crippen molar-refractivity contribution in [1.29, 1.82) is 5.26 Å². The highest BCUT2D eigenvalue weighted by atomic mass is 16.1. The Morgan fingerprint density at radius 1 is 1.06 bits per heavy atom. The summed E-state index contributed by atoms with van der Waals surface area (Å²) < 4.78 is 4.85. The number of nitriles is 1. The molecular formula is C25H23N9O. The zero-order valence-corrected chi connectivity index (χ0v) is 19.1. The van der Waals surface area contributed by atoms with E-state index in [0.29, 0.717) is 28.2 Å². The summed E-state index contributed by atoms with van der Waals surface area (Å²) >= 11 is 0. The van der Waals surface area contributed by atoms with Crippen molar-refractivity contribution in [2.75, 3.05) is 10.6 Å². The van der Waals surface area contributed by atoms with Crippen LogP contribution in [0.1, 0.15) is 24.8 Å². The van der Waals surface area contributed by atoms with E-state index in [4.69, 9.17) is 0 Å². The molecule has 35 heavy (non-hydrogen) atoms. The van der Waals surface area contributed by atoms with Crippen LogP contribution in [0, 0.1) is 11.3 Å². The molecule has 0 radical (unpaired) electrons. The Bertz CT molecular complexity index is 1610. The van der Waals surface area contributed by atoms with Crippen LogP contribution in [-0.2, 0) is 7.05 Å². The Kier molecular flexibility index (Phi) is 4.95. The van der Waals surface area contributed by atoms with Gasteiger partial charge in [0.1, 0.15) is 11.9 Å². The Morgan fingerprint density at radius 3 is 2.69 bits per heavy atom. The van der Waals surface area contributed by atoms with E-state index in [1.54, 1.807) is 39.0 Å². The number of fused-ring (bicyclic) bond motifs is 2. The second kappa shape index (κ2) is 8.29. The fourth-order valence-electron chi connectivity index (χ4n) is 4.85. The molecule has 0 amide bonds. The molecule has 0 spiro atoms. The lowest BCUT2D eigenvalue weighted by Gasteiger charge is -2.15. The van der Waals surface area contributed by atoms with Crippen LogP contribution in [0.15, 0.2) is 65.7 Å². The van der Waals surface area contributed by atoms with Gasteiger partial charge in [-0.2, -0.15) is 10.2 Å². The number of hydrogen-bond donors (Lipinski definition) is 2. The van der Waals surface area contributed by atoms with Crippen LogP contribution in [0.5, 0.6) is 0 Å². The topological polar surface area (TPSA) is 118 Å². The minimum absolute atomic E-state index is 0.213. The molecule has 10 nitrogen and oxygen atoms in total. The molecule has 0 saturated heterocycles. The van der Waals surface area contributed by atoms with Gasteiger partial charge in [-0.05, 0) is 55.7 Å². The van der Waals surface area contributed by atoms with Crippen LogP contribution in [0.25, 0.3) is 22.4 Å². The van der Waals surface area contributed by atoms with E-state index in [1.807, 2.05) is 42.6 Å². The molecule has 2 atom stereocenters. The lowest BCUT2D eigenvalue weighted by Crippen LogP contribution is -2.22. The smallest absolute Gasteiger partial charge is 0.333 e. The van der Waals surface area contributed by atoms with Crippen molar-refractivity contribution in [3.05, 3.63) is 77.0 Å². The van der Waals surface area contributed by atoms with Gasteiger partial charge in [-0.3, -0.25) is 9.13 Å². The van der Waals surface area contributed by atoms with Gasteiger partial charge in [-0.15, -0.1) is 5.10 Å². The third-order valence-electron chi connectivity index (χ3n) is 6.56. The Morgan fingerprint density at radius 2 is 1.91 bits per heavy atom. The van der Waals surface area contributed by atoms with Crippen molar-refractivity contribution in [2.24, 2.45) is 7.05 Å². The molecule has 1 aliphatic rings. The van der Waals surface area contributed by atoms with Gasteiger partial charge in [0, 0.05) is 25.3 Å². The summed E-state index contributed by atoms with van der Waals surface area (Å²) in [5, 5.41) is 21.0. The predicted octanol–water partition coefficient (Wildman–Crippen LogP) is 3.08. The highest BCUT2D eigenvalue weighted by molar-refractivity contribution is 5.84. The molecule has 2 N–H and O–H groups in total. The molecule has 0 bridgehead atoms. The number of rotatable bonds is 5. The molecule has 0 unspecified atom stereocenters. The summed E-state index contributed by atoms with van der Waals surface area (Å²) in [5.74, 6) is 1.39. The van der Waals surface area contributed by atoms with Gasteiger partial charge in [-0.25, -0.2) is 14.3 Å². The molecule has 4 aromatic heterocycles. The Hall–Kier alpha value is -4.65. The Labute approximate surface area is 200 Å². The molecule has 1 aliphatic carbocycles. The summed E-state index contributed by atoms with van der Waals surface area (Å²) in [7, 11) is 1.71. The van der Waals surface area contributed by atoms with Gasteiger partial charge in [0.2, 0.25) is 5.95 Å². The van der Waals surface area contributed by atoms with Crippen LogP contribution in [0.3, 0.4) is 0 Å². The lowest BCUT2D eigenvalue weighted by atomic mass is 10.2. The summed E-state index contributed by atoms with van der Waals surface area (Å²) in [6.45, 7) is 0. The third kappa shape index (κ3) is 3.67. The summed E-state index contributed by atoms with van der Waals surface area (Å²) in [6.07, 6.45) is 6.49. The summed E-state index contributed by atoms with van der Waals surface area (Å²) in [4.78, 5) is 22.0. The van der Waals surface area contributed by atoms with E-state index in [2.05, 4.69) is 31.8 Å². The van der Waals surface area contributed by atoms with Crippen LogP contribution in [0.4, 0.5) is 11.8 Å². The van der Waals surface area contributed by atoms with Crippen LogP contribution < -0.4 is 16.3 Å². The number of aryl methyl sites for hydroxylation is 1. The number of hydrogen-bond acceptors (Lipinski definition) is 7. The van der Waals surface area contributed by atoms with E-state index in [1.165, 1.54) is 0 Å². The first kappa shape index (κ1) is 20.9. The van der Waals surface area contributed by atoms with Crippen LogP contribution in [0.2, 0.25) is 0 Å². The number of nitrogens with one attached hydrogen (secondary N) is 2. The molecule has 1 fully saturated rings. The van der Waals surface area contributed by atoms with Gasteiger partial charge in [-0.1, -0.05) is 12.1 Å². The molecule has 4 heterocycles. The number of anilines is 2. The van der Waals surface area contributed by atoms with Gasteiger partial charge >= 0.3 is 5.69 Å².